The van der Waals surface area contributed by atoms with Gasteiger partial charge in [-0.2, -0.15) is 0 Å². The largest absolute Gasteiger partial charge is 0.282 e. The van der Waals surface area contributed by atoms with E-state index in [0.29, 0.717) is 11.1 Å². The van der Waals surface area contributed by atoms with E-state index in [9.17, 15) is 9.59 Å². The molecule has 4 aromatic rings. The number of hydrogen-bond acceptors (Lipinski definition) is 2. The number of carbonyl (C=O) groups excluding carboxylic acids is 2. The quantitative estimate of drug-likeness (QED) is 0.300. The van der Waals surface area contributed by atoms with Gasteiger partial charge in [-0.25, -0.2) is 0 Å². The maximum atomic E-state index is 11.1. The first-order valence-corrected chi connectivity index (χ1v) is 8.79. The third-order valence-corrected chi connectivity index (χ3v) is 4.47. The van der Waals surface area contributed by atoms with Gasteiger partial charge in [0.05, 0.1) is 0 Å². The SMILES string of the molecule is O=C(Cl)c1cccc2ccccc12.O=C(S)c1cccc2ccccc12.[3H]C. The Labute approximate surface area is 170 Å². The fraction of sp³-hybridized carbons (Fsp3) is 0.0435. The van der Waals surface area contributed by atoms with Crippen molar-refractivity contribution in [3.8, 4) is 0 Å². The molecule has 0 spiro atoms. The summed E-state index contributed by atoms with van der Waals surface area (Å²) in [7, 11) is 1.25. The molecule has 0 atom stereocenters. The Bertz CT molecular complexity index is 1010. The molecule has 0 fully saturated rings. The average molecular weight is 397 g/mol. The molecule has 0 aromatic heterocycles. The van der Waals surface area contributed by atoms with Crippen molar-refractivity contribution in [1.82, 2.24) is 0 Å². The van der Waals surface area contributed by atoms with E-state index in [-0.39, 0.29) is 5.12 Å². The zero-order valence-electron chi connectivity index (χ0n) is 15.7. The van der Waals surface area contributed by atoms with Crippen LogP contribution >= 0.6 is 24.2 Å². The number of thiol groups is 1. The molecule has 0 bridgehead atoms. The molecule has 27 heavy (non-hydrogen) atoms. The fourth-order valence-corrected chi connectivity index (χ4v) is 3.17. The monoisotopic (exact) mass is 396 g/mol. The molecular formula is C23H19ClO2S. The molecule has 4 rings (SSSR count). The minimum Gasteiger partial charge on any atom is -0.282 e. The molecule has 0 N–H and O–H groups in total. The number of fused-ring (bicyclic) bond motifs is 2. The van der Waals surface area contributed by atoms with Crippen molar-refractivity contribution in [2.24, 2.45) is 0 Å². The predicted molar refractivity (Wildman–Crippen MR) is 118 cm³/mol. The van der Waals surface area contributed by atoms with Crippen molar-refractivity contribution in [2.75, 3.05) is 0 Å². The Morgan fingerprint density at radius 1 is 0.704 bits per heavy atom. The van der Waals surface area contributed by atoms with Crippen molar-refractivity contribution >= 4 is 56.1 Å². The van der Waals surface area contributed by atoms with Crippen LogP contribution in [0.4, 0.5) is 0 Å². The highest BCUT2D eigenvalue weighted by Gasteiger charge is 2.05. The van der Waals surface area contributed by atoms with E-state index in [1.54, 1.807) is 12.1 Å². The number of benzene rings is 4. The lowest BCUT2D eigenvalue weighted by atomic mass is 10.1. The number of halogens is 1. The molecule has 0 aliphatic heterocycles. The molecule has 0 saturated heterocycles. The second kappa shape index (κ2) is 9.36. The van der Waals surface area contributed by atoms with Crippen LogP contribution in [-0.4, -0.2) is 10.4 Å². The minimum absolute atomic E-state index is 0.184. The Kier molecular flexibility index (Phi) is 6.64. The van der Waals surface area contributed by atoms with Gasteiger partial charge >= 0.3 is 0 Å². The van der Waals surface area contributed by atoms with Crippen LogP contribution in [0, 0.1) is 0 Å². The summed E-state index contributed by atoms with van der Waals surface area (Å²) in [6, 6.07) is 26.6. The summed E-state index contributed by atoms with van der Waals surface area (Å²) < 4.78 is 5.75. The molecule has 2 nitrogen and oxygen atoms in total. The number of rotatable bonds is 2. The summed E-state index contributed by atoms with van der Waals surface area (Å²) in [5.41, 5.74) is 1.24. The van der Waals surface area contributed by atoms with Crippen LogP contribution in [0.15, 0.2) is 84.9 Å². The molecule has 0 aliphatic rings. The van der Waals surface area contributed by atoms with Crippen LogP contribution in [0.3, 0.4) is 0 Å². The lowest BCUT2D eigenvalue weighted by Crippen LogP contribution is -1.89. The van der Waals surface area contributed by atoms with Gasteiger partial charge in [-0.1, -0.05) is 80.2 Å². The normalized spacial score (nSPS) is 10.1. The smallest absolute Gasteiger partial charge is 0.253 e. The van der Waals surface area contributed by atoms with Crippen LogP contribution in [0.2, 0.25) is 0 Å². The van der Waals surface area contributed by atoms with Crippen LogP contribution < -0.4 is 0 Å². The predicted octanol–water partition coefficient (Wildman–Crippen LogP) is 6.76. The van der Waals surface area contributed by atoms with E-state index in [2.05, 4.69) is 12.6 Å². The Morgan fingerprint density at radius 2 is 1.11 bits per heavy atom. The topological polar surface area (TPSA) is 34.1 Å². The van der Waals surface area contributed by atoms with E-state index < -0.39 is 5.24 Å². The van der Waals surface area contributed by atoms with Gasteiger partial charge in [0.1, 0.15) is 0 Å². The zero-order chi connectivity index (χ0) is 20.5. The molecule has 4 aromatic carbocycles. The minimum atomic E-state index is -0.406. The van der Waals surface area contributed by atoms with Gasteiger partial charge < -0.3 is 0 Å². The molecule has 136 valence electrons. The van der Waals surface area contributed by atoms with E-state index in [1.165, 1.54) is 7.40 Å². The molecule has 4 heteroatoms. The van der Waals surface area contributed by atoms with E-state index >= 15 is 0 Å². The summed E-state index contributed by atoms with van der Waals surface area (Å²) >= 11 is 9.27. The van der Waals surface area contributed by atoms with Gasteiger partial charge in [-0.15, -0.1) is 12.6 Å². The number of hydrogen-bond donors (Lipinski definition) is 1. The molecule has 0 amide bonds. The summed E-state index contributed by atoms with van der Waals surface area (Å²) in [6.45, 7) is 0. The summed E-state index contributed by atoms with van der Waals surface area (Å²) in [5, 5.41) is 3.39. The van der Waals surface area contributed by atoms with E-state index in [4.69, 9.17) is 13.0 Å². The van der Waals surface area contributed by atoms with Crippen molar-refractivity contribution in [3.05, 3.63) is 96.1 Å². The maximum absolute atomic E-state index is 11.1. The standard InChI is InChI=1S/C11H7ClO.C11H8OS.CH4/c2*12-11(13)10-7-3-5-8-4-1-2-6-9(8)10;/h1-7H;1-7H,(H,12,13);1H4/i;;1T. The van der Waals surface area contributed by atoms with Crippen molar-refractivity contribution in [3.63, 3.8) is 0 Å². The highest BCUT2D eigenvalue weighted by Crippen LogP contribution is 2.20. The Hall–Kier alpha value is -2.62. The first kappa shape index (κ1) is 19.2. The summed E-state index contributed by atoms with van der Waals surface area (Å²) in [4.78, 5) is 22.1. The van der Waals surface area contributed by atoms with Gasteiger partial charge in [0.25, 0.3) is 5.24 Å². The molecule has 0 unspecified atom stereocenters. The second-order valence-corrected chi connectivity index (χ2v) is 6.38. The highest BCUT2D eigenvalue weighted by molar-refractivity contribution is 7.97. The number of carbonyl (C=O) groups is 2. The van der Waals surface area contributed by atoms with Gasteiger partial charge in [0.2, 0.25) is 5.12 Å². The molecule has 0 heterocycles. The highest BCUT2D eigenvalue weighted by atomic mass is 35.5. The lowest BCUT2D eigenvalue weighted by molar-refractivity contribution is 0.107. The van der Waals surface area contributed by atoms with Gasteiger partial charge in [-0.3, -0.25) is 9.59 Å². The van der Waals surface area contributed by atoms with Crippen molar-refractivity contribution in [1.29, 1.82) is 0 Å². The third kappa shape index (κ3) is 4.76. The van der Waals surface area contributed by atoms with Crippen LogP contribution in [0.25, 0.3) is 21.5 Å². The third-order valence-electron chi connectivity index (χ3n) is 4.02. The first-order chi connectivity index (χ1) is 13.6. The van der Waals surface area contributed by atoms with Gasteiger partial charge in [-0.05, 0) is 45.3 Å². The van der Waals surface area contributed by atoms with Crippen molar-refractivity contribution in [2.45, 2.75) is 7.40 Å². The van der Waals surface area contributed by atoms with Crippen LogP contribution in [0.1, 0.15) is 29.5 Å². The van der Waals surface area contributed by atoms with E-state index in [0.717, 1.165) is 21.5 Å². The van der Waals surface area contributed by atoms with Gasteiger partial charge in [0.15, 0.2) is 0 Å². The van der Waals surface area contributed by atoms with Crippen LogP contribution in [0.5, 0.6) is 0 Å². The van der Waals surface area contributed by atoms with E-state index in [1.807, 2.05) is 72.8 Å². The lowest BCUT2D eigenvalue weighted by Gasteiger charge is -2.00. The van der Waals surface area contributed by atoms with Crippen LogP contribution in [-0.2, 0) is 0 Å². The fourth-order valence-electron chi connectivity index (χ4n) is 2.81. The summed E-state index contributed by atoms with van der Waals surface area (Å²) in [5.74, 6) is 0. The summed E-state index contributed by atoms with van der Waals surface area (Å²) in [6.07, 6.45) is 0. The second-order valence-electron chi connectivity index (χ2n) is 5.63. The van der Waals surface area contributed by atoms with Gasteiger partial charge in [0, 0.05) is 12.5 Å². The molecular weight excluding hydrogens is 376 g/mol. The first-order valence-electron chi connectivity index (χ1n) is 8.96. The van der Waals surface area contributed by atoms with Crippen molar-refractivity contribution < 1.29 is 11.0 Å². The molecule has 0 radical (unpaired) electrons. The molecule has 0 saturated carbocycles. The maximum Gasteiger partial charge on any atom is 0.253 e. The average Bonchev–Trinajstić information content (AvgIpc) is 2.74. The molecule has 0 aliphatic carbocycles. The Balaban J connectivity index is 0.000000184. The zero-order valence-corrected chi connectivity index (χ0v) is 16.4. The Morgan fingerprint density at radius 3 is 1.59 bits per heavy atom.